The van der Waals surface area contributed by atoms with Crippen LogP contribution in [0.15, 0.2) is 34.8 Å². The quantitative estimate of drug-likeness (QED) is 0.727. The number of thioether (sulfide) groups is 1. The van der Waals surface area contributed by atoms with Gasteiger partial charge in [-0.15, -0.1) is 11.3 Å². The van der Waals surface area contributed by atoms with E-state index in [1.54, 1.807) is 23.8 Å². The third kappa shape index (κ3) is 3.69. The molecule has 4 heterocycles. The highest BCUT2D eigenvalue weighted by Crippen LogP contribution is 2.38. The number of ether oxygens (including phenoxy) is 1. The van der Waals surface area contributed by atoms with Crippen LogP contribution in [-0.4, -0.2) is 41.4 Å². The van der Waals surface area contributed by atoms with E-state index in [1.807, 2.05) is 6.07 Å². The fourth-order valence-corrected chi connectivity index (χ4v) is 4.65. The van der Waals surface area contributed by atoms with Crippen LogP contribution in [0.3, 0.4) is 0 Å². The summed E-state index contributed by atoms with van der Waals surface area (Å²) in [6.07, 6.45) is 5.48. The number of carbonyl (C=O) groups is 2. The van der Waals surface area contributed by atoms with Crippen molar-refractivity contribution in [1.29, 1.82) is 0 Å². The number of carbonyl (C=O) groups excluding carboxylic acids is 2. The van der Waals surface area contributed by atoms with Gasteiger partial charge in [-0.05, 0) is 30.4 Å². The van der Waals surface area contributed by atoms with E-state index in [4.69, 9.17) is 4.74 Å². The molecule has 0 aromatic carbocycles. The SMILES string of the molecule is O=C(NCC1CCCO1)c1ccsc1NC(=O)C1Nc2cnccc2S1. The van der Waals surface area contributed by atoms with Gasteiger partial charge in [-0.1, -0.05) is 11.8 Å². The molecule has 3 N–H and O–H groups in total. The van der Waals surface area contributed by atoms with E-state index in [2.05, 4.69) is 20.9 Å². The number of hydrogen-bond donors (Lipinski definition) is 3. The van der Waals surface area contributed by atoms with Crippen LogP contribution in [0, 0.1) is 0 Å². The molecule has 7 nitrogen and oxygen atoms in total. The summed E-state index contributed by atoms with van der Waals surface area (Å²) in [4.78, 5) is 30.0. The number of pyridine rings is 1. The molecule has 2 aromatic heterocycles. The molecule has 4 rings (SSSR count). The maximum atomic E-state index is 12.6. The van der Waals surface area contributed by atoms with Gasteiger partial charge in [0, 0.05) is 24.2 Å². The molecule has 0 aliphatic carbocycles. The van der Waals surface area contributed by atoms with Gasteiger partial charge in [-0.25, -0.2) is 0 Å². The average molecular weight is 390 g/mol. The molecule has 2 atom stereocenters. The largest absolute Gasteiger partial charge is 0.376 e. The summed E-state index contributed by atoms with van der Waals surface area (Å²) in [5.41, 5.74) is 1.32. The predicted octanol–water partition coefficient (Wildman–Crippen LogP) is 2.53. The lowest BCUT2D eigenvalue weighted by atomic mass is 10.2. The molecule has 136 valence electrons. The zero-order chi connectivity index (χ0) is 17.9. The van der Waals surface area contributed by atoms with E-state index in [-0.39, 0.29) is 17.9 Å². The third-order valence-electron chi connectivity index (χ3n) is 4.21. The Kier molecular flexibility index (Phi) is 5.09. The highest BCUT2D eigenvalue weighted by Gasteiger charge is 2.29. The van der Waals surface area contributed by atoms with Gasteiger partial charge in [0.05, 0.1) is 23.6 Å². The number of hydrogen-bond acceptors (Lipinski definition) is 7. The van der Waals surface area contributed by atoms with Crippen molar-refractivity contribution in [1.82, 2.24) is 10.3 Å². The van der Waals surface area contributed by atoms with E-state index in [0.29, 0.717) is 17.1 Å². The molecule has 2 unspecified atom stereocenters. The Morgan fingerprint density at radius 1 is 1.38 bits per heavy atom. The Bertz CT molecular complexity index is 795. The topological polar surface area (TPSA) is 92.4 Å². The lowest BCUT2D eigenvalue weighted by Gasteiger charge is -2.13. The smallest absolute Gasteiger partial charge is 0.258 e. The van der Waals surface area contributed by atoms with Crippen LogP contribution in [0.1, 0.15) is 23.2 Å². The normalized spacial score (nSPS) is 21.1. The van der Waals surface area contributed by atoms with Crippen molar-refractivity contribution in [3.63, 3.8) is 0 Å². The first kappa shape index (κ1) is 17.3. The molecular weight excluding hydrogens is 372 g/mol. The van der Waals surface area contributed by atoms with Crippen LogP contribution in [0.25, 0.3) is 0 Å². The van der Waals surface area contributed by atoms with Gasteiger partial charge in [0.2, 0.25) is 0 Å². The molecule has 0 radical (unpaired) electrons. The number of anilines is 2. The second kappa shape index (κ2) is 7.65. The monoisotopic (exact) mass is 390 g/mol. The van der Waals surface area contributed by atoms with Crippen LogP contribution in [-0.2, 0) is 9.53 Å². The first-order valence-electron chi connectivity index (χ1n) is 8.36. The number of rotatable bonds is 5. The number of aromatic nitrogens is 1. The Hall–Kier alpha value is -2.10. The summed E-state index contributed by atoms with van der Waals surface area (Å²) in [7, 11) is 0. The second-order valence-corrected chi connectivity index (χ2v) is 8.07. The van der Waals surface area contributed by atoms with Gasteiger partial charge in [-0.3, -0.25) is 14.6 Å². The van der Waals surface area contributed by atoms with Crippen molar-refractivity contribution in [3.05, 3.63) is 35.5 Å². The predicted molar refractivity (Wildman–Crippen MR) is 102 cm³/mol. The number of nitrogens with one attached hydrogen (secondary N) is 3. The lowest BCUT2D eigenvalue weighted by molar-refractivity contribution is -0.115. The van der Waals surface area contributed by atoms with Gasteiger partial charge in [-0.2, -0.15) is 0 Å². The number of thiophene rings is 1. The summed E-state index contributed by atoms with van der Waals surface area (Å²) in [5.74, 6) is -0.390. The van der Waals surface area contributed by atoms with Gasteiger partial charge in [0.15, 0.2) is 5.37 Å². The minimum Gasteiger partial charge on any atom is -0.376 e. The summed E-state index contributed by atoms with van der Waals surface area (Å²) >= 11 is 2.77. The summed E-state index contributed by atoms with van der Waals surface area (Å²) in [6, 6.07) is 3.59. The molecule has 0 saturated carbocycles. The second-order valence-electron chi connectivity index (χ2n) is 6.01. The Morgan fingerprint density at radius 2 is 2.31 bits per heavy atom. The fraction of sp³-hybridized carbons (Fsp3) is 0.353. The first-order chi connectivity index (χ1) is 12.7. The van der Waals surface area contributed by atoms with Crippen molar-refractivity contribution in [2.75, 3.05) is 23.8 Å². The van der Waals surface area contributed by atoms with E-state index in [9.17, 15) is 9.59 Å². The molecule has 1 saturated heterocycles. The van der Waals surface area contributed by atoms with Crippen molar-refractivity contribution in [2.24, 2.45) is 0 Å². The summed E-state index contributed by atoms with van der Waals surface area (Å²) in [5, 5.41) is 10.8. The molecule has 9 heteroatoms. The van der Waals surface area contributed by atoms with Crippen LogP contribution in [0.5, 0.6) is 0 Å². The van der Waals surface area contributed by atoms with Crippen LogP contribution < -0.4 is 16.0 Å². The fourth-order valence-electron chi connectivity index (χ4n) is 2.88. The molecule has 1 fully saturated rings. The van der Waals surface area contributed by atoms with Crippen molar-refractivity contribution < 1.29 is 14.3 Å². The van der Waals surface area contributed by atoms with E-state index in [0.717, 1.165) is 30.0 Å². The molecule has 2 aliphatic rings. The number of amides is 2. The van der Waals surface area contributed by atoms with Crippen molar-refractivity contribution in [2.45, 2.75) is 29.2 Å². The minimum absolute atomic E-state index is 0.0850. The lowest BCUT2D eigenvalue weighted by Crippen LogP contribution is -2.33. The van der Waals surface area contributed by atoms with Crippen LogP contribution in [0.2, 0.25) is 0 Å². The van der Waals surface area contributed by atoms with Crippen molar-refractivity contribution in [3.8, 4) is 0 Å². The summed E-state index contributed by atoms with van der Waals surface area (Å²) < 4.78 is 5.52. The highest BCUT2D eigenvalue weighted by atomic mass is 32.2. The molecular formula is C17H18N4O3S2. The first-order valence-corrected chi connectivity index (χ1v) is 10.1. The van der Waals surface area contributed by atoms with Gasteiger partial charge in [0.25, 0.3) is 11.8 Å². The van der Waals surface area contributed by atoms with Gasteiger partial charge < -0.3 is 20.7 Å². The molecule has 0 bridgehead atoms. The zero-order valence-electron chi connectivity index (χ0n) is 13.9. The minimum atomic E-state index is -0.445. The Morgan fingerprint density at radius 3 is 3.12 bits per heavy atom. The molecule has 2 aliphatic heterocycles. The number of fused-ring (bicyclic) bond motifs is 1. The Balaban J connectivity index is 1.36. The van der Waals surface area contributed by atoms with E-state index >= 15 is 0 Å². The number of nitrogens with zero attached hydrogens (tertiary/aromatic N) is 1. The Labute approximate surface area is 158 Å². The molecule has 2 amide bonds. The molecule has 26 heavy (non-hydrogen) atoms. The maximum Gasteiger partial charge on any atom is 0.258 e. The van der Waals surface area contributed by atoms with E-state index < -0.39 is 5.37 Å². The third-order valence-corrected chi connectivity index (χ3v) is 6.22. The highest BCUT2D eigenvalue weighted by molar-refractivity contribution is 8.01. The van der Waals surface area contributed by atoms with Gasteiger partial charge >= 0.3 is 0 Å². The van der Waals surface area contributed by atoms with E-state index in [1.165, 1.54) is 23.1 Å². The van der Waals surface area contributed by atoms with Gasteiger partial charge in [0.1, 0.15) is 5.00 Å². The standard InChI is InChI=1S/C17H18N4O3S2/c22-14(19-8-10-2-1-6-24-10)11-4-7-25-16(11)21-15(23)17-20-12-9-18-5-3-13(12)26-17/h3-5,7,9-10,17,20H,1-2,6,8H2,(H,19,22)(H,21,23). The summed E-state index contributed by atoms with van der Waals surface area (Å²) in [6.45, 7) is 1.24. The molecule has 2 aromatic rings. The molecule has 0 spiro atoms. The van der Waals surface area contributed by atoms with Crippen LogP contribution in [0.4, 0.5) is 10.7 Å². The maximum absolute atomic E-state index is 12.6. The van der Waals surface area contributed by atoms with Crippen molar-refractivity contribution >= 4 is 45.6 Å². The zero-order valence-corrected chi connectivity index (χ0v) is 15.5. The van der Waals surface area contributed by atoms with Crippen LogP contribution >= 0.6 is 23.1 Å². The average Bonchev–Trinajstić information content (AvgIpc) is 3.39.